The Balaban J connectivity index is 1.73. The lowest BCUT2D eigenvalue weighted by atomic mass is 10.2. The molecule has 2 aromatic rings. The van der Waals surface area contributed by atoms with Crippen LogP contribution in [0.5, 0.6) is 5.88 Å². The minimum atomic E-state index is -4.23. The highest BCUT2D eigenvalue weighted by Gasteiger charge is 2.41. The molecule has 9 heteroatoms. The average molecular weight is 405 g/mol. The normalized spacial score (nSPS) is 16.1. The Bertz CT molecular complexity index is 821. The Labute approximate surface area is 140 Å². The molecule has 0 N–H and O–H groups in total. The summed E-state index contributed by atoms with van der Waals surface area (Å²) in [6, 6.07) is 6.40. The van der Waals surface area contributed by atoms with E-state index in [9.17, 15) is 17.2 Å². The fraction of sp³-hybridized carbons (Fsp3) is 0.214. The molecule has 0 unspecified atom stereocenters. The third-order valence-electron chi connectivity index (χ3n) is 3.33. The number of rotatable bonds is 4. The number of pyridine rings is 1. The second-order valence-corrected chi connectivity index (χ2v) is 7.63. The zero-order chi connectivity index (χ0) is 16.6. The van der Waals surface area contributed by atoms with Crippen molar-refractivity contribution in [3.63, 3.8) is 0 Å². The highest BCUT2D eigenvalue weighted by molar-refractivity contribution is 9.10. The molecule has 0 atom stereocenters. The van der Waals surface area contributed by atoms with Gasteiger partial charge in [-0.05, 0) is 40.2 Å². The minimum Gasteiger partial charge on any atom is -0.471 e. The number of halogens is 3. The smallest absolute Gasteiger partial charge is 0.249 e. The van der Waals surface area contributed by atoms with Gasteiger partial charge in [-0.25, -0.2) is 22.2 Å². The molecule has 1 aromatic carbocycles. The summed E-state index contributed by atoms with van der Waals surface area (Å²) in [4.78, 5) is 3.08. The summed E-state index contributed by atoms with van der Waals surface area (Å²) in [7, 11) is -4.23. The zero-order valence-corrected chi connectivity index (χ0v) is 14.0. The summed E-state index contributed by atoms with van der Waals surface area (Å²) >= 11 is 3.27. The molecule has 5 nitrogen and oxygen atoms in total. The summed E-state index contributed by atoms with van der Waals surface area (Å²) in [6.45, 7) is -0.00174. The lowest BCUT2D eigenvalue weighted by Crippen LogP contribution is -2.56. The van der Waals surface area contributed by atoms with Crippen molar-refractivity contribution in [2.24, 2.45) is 0 Å². The summed E-state index contributed by atoms with van der Waals surface area (Å²) in [5.41, 5.74) is 0. The van der Waals surface area contributed by atoms with Gasteiger partial charge in [-0.2, -0.15) is 4.31 Å². The third kappa shape index (κ3) is 3.08. The maximum atomic E-state index is 13.7. The molecule has 1 saturated heterocycles. The Morgan fingerprint density at radius 3 is 2.43 bits per heavy atom. The van der Waals surface area contributed by atoms with E-state index in [2.05, 4.69) is 20.9 Å². The first-order valence-corrected chi connectivity index (χ1v) is 8.84. The summed E-state index contributed by atoms with van der Waals surface area (Å²) < 4.78 is 59.1. The van der Waals surface area contributed by atoms with Crippen molar-refractivity contribution in [1.82, 2.24) is 9.29 Å². The van der Waals surface area contributed by atoms with Crippen LogP contribution in [-0.4, -0.2) is 36.9 Å². The van der Waals surface area contributed by atoms with E-state index in [0.29, 0.717) is 10.4 Å². The molecular weight excluding hydrogens is 394 g/mol. The van der Waals surface area contributed by atoms with Gasteiger partial charge < -0.3 is 4.74 Å². The van der Waals surface area contributed by atoms with Crippen LogP contribution in [0.3, 0.4) is 0 Å². The van der Waals surface area contributed by atoms with E-state index in [1.165, 1.54) is 0 Å². The van der Waals surface area contributed by atoms with Crippen molar-refractivity contribution >= 4 is 26.0 Å². The molecule has 122 valence electrons. The van der Waals surface area contributed by atoms with Crippen LogP contribution in [-0.2, 0) is 10.0 Å². The molecule has 23 heavy (non-hydrogen) atoms. The first-order chi connectivity index (χ1) is 10.9. The standard InChI is InChI=1S/C14H11BrF2N2O3S/c15-10-3-2-6-18-14(10)22-9-7-19(8-9)23(20,21)13-11(16)4-1-5-12(13)17/h1-6,9H,7-8H2. The fourth-order valence-corrected chi connectivity index (χ4v) is 4.11. The van der Waals surface area contributed by atoms with Crippen molar-refractivity contribution in [3.05, 3.63) is 52.6 Å². The van der Waals surface area contributed by atoms with E-state index in [0.717, 1.165) is 22.5 Å². The summed E-state index contributed by atoms with van der Waals surface area (Å²) in [6.07, 6.45) is 1.12. The average Bonchev–Trinajstić information content (AvgIpc) is 2.43. The van der Waals surface area contributed by atoms with E-state index in [1.54, 1.807) is 18.3 Å². The van der Waals surface area contributed by atoms with E-state index in [-0.39, 0.29) is 13.1 Å². The topological polar surface area (TPSA) is 59.5 Å². The maximum Gasteiger partial charge on any atom is 0.249 e. The predicted octanol–water partition coefficient (Wildman–Crippen LogP) is 2.57. The van der Waals surface area contributed by atoms with Gasteiger partial charge in [-0.1, -0.05) is 6.07 Å². The van der Waals surface area contributed by atoms with Gasteiger partial charge in [-0.3, -0.25) is 0 Å². The lowest BCUT2D eigenvalue weighted by Gasteiger charge is -2.37. The van der Waals surface area contributed by atoms with Gasteiger partial charge >= 0.3 is 0 Å². The Kier molecular flexibility index (Phi) is 4.35. The van der Waals surface area contributed by atoms with Gasteiger partial charge in [0.05, 0.1) is 17.6 Å². The van der Waals surface area contributed by atoms with E-state index in [4.69, 9.17) is 4.74 Å². The van der Waals surface area contributed by atoms with Gasteiger partial charge in [0.1, 0.15) is 17.7 Å². The SMILES string of the molecule is O=S(=O)(c1c(F)cccc1F)N1CC(Oc2ncccc2Br)C1. The number of hydrogen-bond donors (Lipinski definition) is 0. The second kappa shape index (κ2) is 6.14. The maximum absolute atomic E-state index is 13.7. The van der Waals surface area contributed by atoms with Crippen molar-refractivity contribution in [1.29, 1.82) is 0 Å². The van der Waals surface area contributed by atoms with Crippen LogP contribution in [0.4, 0.5) is 8.78 Å². The number of hydrogen-bond acceptors (Lipinski definition) is 4. The molecule has 3 rings (SSSR count). The molecule has 0 aliphatic carbocycles. The Morgan fingerprint density at radius 2 is 1.83 bits per heavy atom. The monoisotopic (exact) mass is 404 g/mol. The number of sulfonamides is 1. The molecular formula is C14H11BrF2N2O3S. The van der Waals surface area contributed by atoms with Gasteiger partial charge in [0.25, 0.3) is 0 Å². The van der Waals surface area contributed by atoms with Crippen LogP contribution in [0.25, 0.3) is 0 Å². The third-order valence-corrected chi connectivity index (χ3v) is 5.82. The van der Waals surface area contributed by atoms with Crippen LogP contribution in [0, 0.1) is 11.6 Å². The molecule has 1 aliphatic rings. The van der Waals surface area contributed by atoms with Gasteiger partial charge in [0.2, 0.25) is 15.9 Å². The number of aromatic nitrogens is 1. The highest BCUT2D eigenvalue weighted by atomic mass is 79.9. The molecule has 1 aromatic heterocycles. The van der Waals surface area contributed by atoms with Gasteiger partial charge in [0.15, 0.2) is 4.90 Å². The fourth-order valence-electron chi connectivity index (χ4n) is 2.15. The molecule has 1 aliphatic heterocycles. The quantitative estimate of drug-likeness (QED) is 0.785. The molecule has 0 amide bonds. The van der Waals surface area contributed by atoms with Crippen molar-refractivity contribution in [2.75, 3.05) is 13.1 Å². The minimum absolute atomic E-state index is 0.000871. The number of nitrogens with zero attached hydrogens (tertiary/aromatic N) is 2. The van der Waals surface area contributed by atoms with Gasteiger partial charge in [-0.15, -0.1) is 0 Å². The Hall–Kier alpha value is -1.58. The van der Waals surface area contributed by atoms with E-state index < -0.39 is 32.7 Å². The lowest BCUT2D eigenvalue weighted by molar-refractivity contribution is 0.0710. The molecule has 1 fully saturated rings. The van der Waals surface area contributed by atoms with Crippen molar-refractivity contribution in [2.45, 2.75) is 11.0 Å². The van der Waals surface area contributed by atoms with E-state index >= 15 is 0 Å². The molecule has 0 bridgehead atoms. The van der Waals surface area contributed by atoms with Gasteiger partial charge in [0, 0.05) is 6.20 Å². The zero-order valence-electron chi connectivity index (χ0n) is 11.6. The Morgan fingerprint density at radius 1 is 1.17 bits per heavy atom. The van der Waals surface area contributed by atoms with Crippen molar-refractivity contribution in [3.8, 4) is 5.88 Å². The largest absolute Gasteiger partial charge is 0.471 e. The van der Waals surface area contributed by atoms with Crippen LogP contribution in [0.2, 0.25) is 0 Å². The van der Waals surface area contributed by atoms with Crippen LogP contribution < -0.4 is 4.74 Å². The van der Waals surface area contributed by atoms with Crippen LogP contribution >= 0.6 is 15.9 Å². The molecule has 2 heterocycles. The van der Waals surface area contributed by atoms with Crippen LogP contribution in [0.1, 0.15) is 0 Å². The molecule has 0 saturated carbocycles. The second-order valence-electron chi connectivity index (χ2n) is 4.90. The molecule has 0 spiro atoms. The van der Waals surface area contributed by atoms with Crippen molar-refractivity contribution < 1.29 is 21.9 Å². The van der Waals surface area contributed by atoms with E-state index in [1.807, 2.05) is 0 Å². The summed E-state index contributed by atoms with van der Waals surface area (Å²) in [5.74, 6) is -1.88. The predicted molar refractivity (Wildman–Crippen MR) is 81.5 cm³/mol. The first-order valence-electron chi connectivity index (χ1n) is 6.61. The summed E-state index contributed by atoms with van der Waals surface area (Å²) in [5, 5.41) is 0. The molecule has 0 radical (unpaired) electrons. The number of ether oxygens (including phenoxy) is 1. The first kappa shape index (κ1) is 16.3. The van der Waals surface area contributed by atoms with Crippen LogP contribution in [0.15, 0.2) is 45.9 Å². The highest BCUT2D eigenvalue weighted by Crippen LogP contribution is 2.29. The number of benzene rings is 1.